The van der Waals surface area contributed by atoms with E-state index in [0.29, 0.717) is 10.8 Å². The van der Waals surface area contributed by atoms with E-state index in [-0.39, 0.29) is 0 Å². The summed E-state index contributed by atoms with van der Waals surface area (Å²) in [6.45, 7) is 4.14. The van der Waals surface area contributed by atoms with Crippen LogP contribution >= 0.6 is 11.8 Å². The third-order valence-corrected chi connectivity index (χ3v) is 4.81. The zero-order valence-electron chi connectivity index (χ0n) is 10.3. The van der Waals surface area contributed by atoms with Crippen LogP contribution in [0.2, 0.25) is 0 Å². The van der Waals surface area contributed by atoms with E-state index in [4.69, 9.17) is 4.74 Å². The summed E-state index contributed by atoms with van der Waals surface area (Å²) in [5.74, 6) is 0. The molecule has 1 aliphatic rings. The molecule has 2 nitrogen and oxygen atoms in total. The van der Waals surface area contributed by atoms with E-state index in [2.05, 4.69) is 18.5 Å². The number of hydrogen-bond donors (Lipinski definition) is 1. The monoisotopic (exact) mass is 231 g/mol. The van der Waals surface area contributed by atoms with Gasteiger partial charge in [-0.05, 0) is 26.0 Å². The maximum Gasteiger partial charge on any atom is 0.0613 e. The van der Waals surface area contributed by atoms with Crippen molar-refractivity contribution in [2.24, 2.45) is 0 Å². The average molecular weight is 231 g/mol. The number of rotatable bonds is 6. The van der Waals surface area contributed by atoms with Gasteiger partial charge in [0.15, 0.2) is 0 Å². The van der Waals surface area contributed by atoms with Crippen molar-refractivity contribution in [1.29, 1.82) is 0 Å². The Balaban J connectivity index is 2.32. The number of ether oxygens (including phenoxy) is 1. The van der Waals surface area contributed by atoms with E-state index in [1.807, 2.05) is 11.8 Å². The fourth-order valence-electron chi connectivity index (χ4n) is 2.32. The first-order chi connectivity index (χ1) is 7.22. The number of methoxy groups -OCH3 is 1. The van der Waals surface area contributed by atoms with E-state index in [1.54, 1.807) is 7.11 Å². The molecule has 0 aromatic carbocycles. The van der Waals surface area contributed by atoms with Crippen LogP contribution in [0, 0.1) is 0 Å². The van der Waals surface area contributed by atoms with E-state index in [1.165, 1.54) is 32.1 Å². The molecule has 1 fully saturated rings. The van der Waals surface area contributed by atoms with Crippen molar-refractivity contribution in [3.63, 3.8) is 0 Å². The molecule has 90 valence electrons. The Morgan fingerprint density at radius 2 is 2.00 bits per heavy atom. The van der Waals surface area contributed by atoms with Gasteiger partial charge < -0.3 is 10.1 Å². The zero-order valence-corrected chi connectivity index (χ0v) is 11.2. The van der Waals surface area contributed by atoms with E-state index in [0.717, 1.165) is 13.2 Å². The molecule has 0 spiro atoms. The Labute approximate surface area is 98.5 Å². The van der Waals surface area contributed by atoms with Gasteiger partial charge in [0.25, 0.3) is 0 Å². The molecule has 0 aromatic heterocycles. The molecule has 1 rings (SSSR count). The SMILES string of the molecule is COCC(C)NCC1(SC)CCCCC1. The number of hydrogen-bond acceptors (Lipinski definition) is 3. The van der Waals surface area contributed by atoms with Gasteiger partial charge in [-0.15, -0.1) is 0 Å². The minimum Gasteiger partial charge on any atom is -0.383 e. The van der Waals surface area contributed by atoms with Crippen molar-refractivity contribution in [1.82, 2.24) is 5.32 Å². The summed E-state index contributed by atoms with van der Waals surface area (Å²) in [6, 6.07) is 0.473. The van der Waals surface area contributed by atoms with Crippen molar-refractivity contribution in [2.75, 3.05) is 26.5 Å². The predicted octanol–water partition coefficient (Wildman–Crippen LogP) is 2.68. The van der Waals surface area contributed by atoms with Crippen LogP contribution in [0.3, 0.4) is 0 Å². The summed E-state index contributed by atoms with van der Waals surface area (Å²) in [5, 5.41) is 3.60. The maximum absolute atomic E-state index is 5.14. The normalized spacial score (nSPS) is 22.6. The highest BCUT2D eigenvalue weighted by Crippen LogP contribution is 2.37. The first kappa shape index (κ1) is 13.3. The summed E-state index contributed by atoms with van der Waals surface area (Å²) in [4.78, 5) is 0. The maximum atomic E-state index is 5.14. The first-order valence-corrected chi connectivity index (χ1v) is 7.22. The van der Waals surface area contributed by atoms with Gasteiger partial charge in [0.1, 0.15) is 0 Å². The topological polar surface area (TPSA) is 21.3 Å². The minimum absolute atomic E-state index is 0.473. The zero-order chi connectivity index (χ0) is 11.1. The molecule has 0 saturated heterocycles. The second-order valence-electron chi connectivity index (χ2n) is 4.69. The molecule has 0 radical (unpaired) electrons. The Morgan fingerprint density at radius 3 is 2.53 bits per heavy atom. The molecule has 1 saturated carbocycles. The highest BCUT2D eigenvalue weighted by molar-refractivity contribution is 8.00. The Hall–Kier alpha value is 0.270. The van der Waals surface area contributed by atoms with Gasteiger partial charge in [0, 0.05) is 24.4 Å². The summed E-state index contributed by atoms with van der Waals surface area (Å²) in [5.41, 5.74) is 0. The quantitative estimate of drug-likeness (QED) is 0.759. The van der Waals surface area contributed by atoms with Crippen LogP contribution in [0.1, 0.15) is 39.0 Å². The molecule has 3 heteroatoms. The third-order valence-electron chi connectivity index (χ3n) is 3.39. The summed E-state index contributed by atoms with van der Waals surface area (Å²) in [6.07, 6.45) is 9.24. The molecule has 1 atom stereocenters. The van der Waals surface area contributed by atoms with Crippen molar-refractivity contribution in [2.45, 2.75) is 49.8 Å². The van der Waals surface area contributed by atoms with Crippen molar-refractivity contribution in [3.05, 3.63) is 0 Å². The standard InChI is InChI=1S/C12H25NOS/c1-11(9-14-2)13-10-12(15-3)7-5-4-6-8-12/h11,13H,4-10H2,1-3H3. The average Bonchev–Trinajstić information content (AvgIpc) is 2.28. The van der Waals surface area contributed by atoms with Crippen LogP contribution in [-0.4, -0.2) is 37.3 Å². The second kappa shape index (κ2) is 6.77. The van der Waals surface area contributed by atoms with Crippen molar-refractivity contribution >= 4 is 11.8 Å². The number of nitrogens with one attached hydrogen (secondary N) is 1. The van der Waals surface area contributed by atoms with Gasteiger partial charge >= 0.3 is 0 Å². The smallest absolute Gasteiger partial charge is 0.0613 e. The molecule has 0 bridgehead atoms. The van der Waals surface area contributed by atoms with Crippen LogP contribution in [-0.2, 0) is 4.74 Å². The fraction of sp³-hybridized carbons (Fsp3) is 1.00. The molecule has 1 aliphatic carbocycles. The summed E-state index contributed by atoms with van der Waals surface area (Å²) in [7, 11) is 1.77. The van der Waals surface area contributed by atoms with E-state index >= 15 is 0 Å². The van der Waals surface area contributed by atoms with Gasteiger partial charge in [-0.1, -0.05) is 19.3 Å². The van der Waals surface area contributed by atoms with Gasteiger partial charge in [0.05, 0.1) is 6.61 Å². The van der Waals surface area contributed by atoms with Crippen LogP contribution in [0.5, 0.6) is 0 Å². The third kappa shape index (κ3) is 4.33. The molecule has 15 heavy (non-hydrogen) atoms. The number of thioether (sulfide) groups is 1. The fourth-order valence-corrected chi connectivity index (χ4v) is 3.24. The molecular weight excluding hydrogens is 206 g/mol. The van der Waals surface area contributed by atoms with E-state index in [9.17, 15) is 0 Å². The predicted molar refractivity (Wildman–Crippen MR) is 68.7 cm³/mol. The minimum atomic E-state index is 0.473. The van der Waals surface area contributed by atoms with Gasteiger partial charge in [0.2, 0.25) is 0 Å². The molecule has 0 aromatic rings. The lowest BCUT2D eigenvalue weighted by Crippen LogP contribution is -2.43. The van der Waals surface area contributed by atoms with Crippen LogP contribution in [0.4, 0.5) is 0 Å². The lowest BCUT2D eigenvalue weighted by Gasteiger charge is -2.36. The van der Waals surface area contributed by atoms with Crippen LogP contribution < -0.4 is 5.32 Å². The summed E-state index contributed by atoms with van der Waals surface area (Å²) >= 11 is 2.05. The Kier molecular flexibility index (Phi) is 6.02. The van der Waals surface area contributed by atoms with Crippen LogP contribution in [0.25, 0.3) is 0 Å². The lowest BCUT2D eigenvalue weighted by atomic mass is 9.88. The van der Waals surface area contributed by atoms with Gasteiger partial charge in [-0.25, -0.2) is 0 Å². The molecule has 0 aliphatic heterocycles. The molecule has 1 unspecified atom stereocenters. The Bertz CT molecular complexity index is 169. The molecule has 1 N–H and O–H groups in total. The lowest BCUT2D eigenvalue weighted by molar-refractivity contribution is 0.169. The first-order valence-electron chi connectivity index (χ1n) is 6.00. The van der Waals surface area contributed by atoms with Gasteiger partial charge in [-0.3, -0.25) is 0 Å². The van der Waals surface area contributed by atoms with Crippen molar-refractivity contribution < 1.29 is 4.74 Å². The molecule has 0 amide bonds. The van der Waals surface area contributed by atoms with Crippen LogP contribution in [0.15, 0.2) is 0 Å². The molecule has 0 heterocycles. The highest BCUT2D eigenvalue weighted by Gasteiger charge is 2.30. The van der Waals surface area contributed by atoms with E-state index < -0.39 is 0 Å². The second-order valence-corrected chi connectivity index (χ2v) is 5.96. The Morgan fingerprint density at radius 1 is 1.33 bits per heavy atom. The summed E-state index contributed by atoms with van der Waals surface area (Å²) < 4.78 is 5.64. The molecular formula is C12H25NOS. The highest BCUT2D eigenvalue weighted by atomic mass is 32.2. The van der Waals surface area contributed by atoms with Gasteiger partial charge in [-0.2, -0.15) is 11.8 Å². The largest absolute Gasteiger partial charge is 0.383 e. The van der Waals surface area contributed by atoms with Crippen molar-refractivity contribution in [3.8, 4) is 0 Å².